The van der Waals surface area contributed by atoms with Crippen molar-refractivity contribution in [3.63, 3.8) is 0 Å². The predicted molar refractivity (Wildman–Crippen MR) is 77.2 cm³/mol. The van der Waals surface area contributed by atoms with Crippen LogP contribution in [-0.2, 0) is 16.0 Å². The van der Waals surface area contributed by atoms with Gasteiger partial charge in [0.25, 0.3) is 0 Å². The van der Waals surface area contributed by atoms with E-state index in [0.29, 0.717) is 11.6 Å². The van der Waals surface area contributed by atoms with Crippen LogP contribution in [0.4, 0.5) is 0 Å². The molecule has 0 amide bonds. The lowest BCUT2D eigenvalue weighted by Crippen LogP contribution is -2.07. The molecule has 19 heavy (non-hydrogen) atoms. The van der Waals surface area contributed by atoms with Gasteiger partial charge in [0, 0.05) is 10.6 Å². The van der Waals surface area contributed by atoms with Gasteiger partial charge in [-0.1, -0.05) is 54.1 Å². The van der Waals surface area contributed by atoms with Crippen LogP contribution in [0, 0.1) is 0 Å². The first kappa shape index (κ1) is 13.6. The highest BCUT2D eigenvalue weighted by Gasteiger charge is 2.07. The van der Waals surface area contributed by atoms with Crippen LogP contribution in [0.15, 0.2) is 48.5 Å². The monoisotopic (exact) mass is 274 g/mol. The second-order valence-corrected chi connectivity index (χ2v) is 4.57. The van der Waals surface area contributed by atoms with Gasteiger partial charge in [0.15, 0.2) is 0 Å². The summed E-state index contributed by atoms with van der Waals surface area (Å²) in [6, 6.07) is 15.5. The van der Waals surface area contributed by atoms with Gasteiger partial charge in [-0.3, -0.25) is 4.79 Å². The Bertz CT molecular complexity index is 578. The summed E-state index contributed by atoms with van der Waals surface area (Å²) in [6.45, 7) is 2.21. The van der Waals surface area contributed by atoms with Gasteiger partial charge >= 0.3 is 5.97 Å². The molecule has 0 atom stereocenters. The molecule has 0 bridgehead atoms. The number of ether oxygens (including phenoxy) is 1. The van der Waals surface area contributed by atoms with Gasteiger partial charge in [0.05, 0.1) is 13.0 Å². The molecule has 3 heteroatoms. The Morgan fingerprint density at radius 2 is 1.95 bits per heavy atom. The van der Waals surface area contributed by atoms with Crippen LogP contribution in [0.1, 0.15) is 12.5 Å². The molecule has 2 aromatic rings. The van der Waals surface area contributed by atoms with Crippen LogP contribution in [-0.4, -0.2) is 12.6 Å². The lowest BCUT2D eigenvalue weighted by molar-refractivity contribution is -0.142. The SMILES string of the molecule is CCOC(=O)Cc1cccc(-c2ccccc2Cl)c1. The number of esters is 1. The molecule has 0 aliphatic heterocycles. The zero-order valence-electron chi connectivity index (χ0n) is 10.7. The predicted octanol–water partition coefficient (Wildman–Crippen LogP) is 4.11. The summed E-state index contributed by atoms with van der Waals surface area (Å²) in [6.07, 6.45) is 0.284. The van der Waals surface area contributed by atoms with Crippen molar-refractivity contribution in [2.24, 2.45) is 0 Å². The molecule has 0 fully saturated rings. The van der Waals surface area contributed by atoms with E-state index < -0.39 is 0 Å². The van der Waals surface area contributed by atoms with Gasteiger partial charge in [-0.2, -0.15) is 0 Å². The first-order valence-corrected chi connectivity index (χ1v) is 6.58. The second kappa shape index (κ2) is 6.39. The molecule has 0 unspecified atom stereocenters. The van der Waals surface area contributed by atoms with E-state index in [-0.39, 0.29) is 12.4 Å². The minimum atomic E-state index is -0.209. The number of hydrogen-bond donors (Lipinski definition) is 0. The minimum absolute atomic E-state index is 0.209. The van der Waals surface area contributed by atoms with Gasteiger partial charge in [-0.05, 0) is 24.1 Å². The molecule has 2 nitrogen and oxygen atoms in total. The molecule has 0 radical (unpaired) electrons. The fraction of sp³-hybridized carbons (Fsp3) is 0.188. The van der Waals surface area contributed by atoms with E-state index in [2.05, 4.69) is 0 Å². The Kier molecular flexibility index (Phi) is 4.58. The third-order valence-electron chi connectivity index (χ3n) is 2.77. The summed E-state index contributed by atoms with van der Waals surface area (Å²) in [5.41, 5.74) is 2.90. The smallest absolute Gasteiger partial charge is 0.310 e. The molecule has 98 valence electrons. The van der Waals surface area contributed by atoms with Crippen LogP contribution in [0.2, 0.25) is 5.02 Å². The van der Waals surface area contributed by atoms with Gasteiger partial charge in [-0.15, -0.1) is 0 Å². The summed E-state index contributed by atoms with van der Waals surface area (Å²) in [5, 5.41) is 0.704. The maximum Gasteiger partial charge on any atom is 0.310 e. The topological polar surface area (TPSA) is 26.3 Å². The summed E-state index contributed by atoms with van der Waals surface area (Å²) in [4.78, 5) is 11.5. The van der Waals surface area contributed by atoms with Gasteiger partial charge < -0.3 is 4.74 Å². The van der Waals surface area contributed by atoms with Crippen molar-refractivity contribution in [2.45, 2.75) is 13.3 Å². The first-order valence-electron chi connectivity index (χ1n) is 6.20. The van der Waals surface area contributed by atoms with Crippen molar-refractivity contribution in [1.29, 1.82) is 0 Å². The van der Waals surface area contributed by atoms with Crippen LogP contribution >= 0.6 is 11.6 Å². The van der Waals surface area contributed by atoms with Crippen molar-refractivity contribution in [1.82, 2.24) is 0 Å². The van der Waals surface area contributed by atoms with Crippen molar-refractivity contribution in [3.05, 3.63) is 59.1 Å². The minimum Gasteiger partial charge on any atom is -0.466 e. The molecular weight excluding hydrogens is 260 g/mol. The zero-order chi connectivity index (χ0) is 13.7. The second-order valence-electron chi connectivity index (χ2n) is 4.16. The highest BCUT2D eigenvalue weighted by atomic mass is 35.5. The van der Waals surface area contributed by atoms with Crippen molar-refractivity contribution >= 4 is 17.6 Å². The average Bonchev–Trinajstić information content (AvgIpc) is 2.40. The molecule has 0 aliphatic carbocycles. The van der Waals surface area contributed by atoms with E-state index in [1.807, 2.05) is 48.5 Å². The molecule has 0 saturated carbocycles. The normalized spacial score (nSPS) is 10.2. The number of benzene rings is 2. The Balaban J connectivity index is 2.25. The molecule has 0 aliphatic rings. The zero-order valence-corrected chi connectivity index (χ0v) is 11.5. The number of hydrogen-bond acceptors (Lipinski definition) is 2. The van der Waals surface area contributed by atoms with Crippen molar-refractivity contribution in [3.8, 4) is 11.1 Å². The standard InChI is InChI=1S/C16H15ClO2/c1-2-19-16(18)11-12-6-5-7-13(10-12)14-8-3-4-9-15(14)17/h3-10H,2,11H2,1H3. The van der Waals surface area contributed by atoms with E-state index in [1.165, 1.54) is 0 Å². The van der Waals surface area contributed by atoms with Gasteiger partial charge in [0.1, 0.15) is 0 Å². The Hall–Kier alpha value is -1.80. The fourth-order valence-corrected chi connectivity index (χ4v) is 2.17. The van der Waals surface area contributed by atoms with Gasteiger partial charge in [-0.25, -0.2) is 0 Å². The fourth-order valence-electron chi connectivity index (χ4n) is 1.92. The number of carbonyl (C=O) groups excluding carboxylic acids is 1. The van der Waals surface area contributed by atoms with Crippen LogP contribution in [0.3, 0.4) is 0 Å². The van der Waals surface area contributed by atoms with Gasteiger partial charge in [0.2, 0.25) is 0 Å². The lowest BCUT2D eigenvalue weighted by Gasteiger charge is -2.07. The van der Waals surface area contributed by atoms with Crippen LogP contribution in [0.25, 0.3) is 11.1 Å². The molecular formula is C16H15ClO2. The van der Waals surface area contributed by atoms with E-state index in [9.17, 15) is 4.79 Å². The van der Waals surface area contributed by atoms with E-state index in [0.717, 1.165) is 16.7 Å². The molecule has 0 N–H and O–H groups in total. The Morgan fingerprint density at radius 3 is 2.68 bits per heavy atom. The molecule has 2 rings (SSSR count). The number of carbonyl (C=O) groups is 1. The molecule has 0 aromatic heterocycles. The quantitative estimate of drug-likeness (QED) is 0.784. The molecule has 0 spiro atoms. The highest BCUT2D eigenvalue weighted by molar-refractivity contribution is 6.33. The number of halogens is 1. The lowest BCUT2D eigenvalue weighted by atomic mass is 10.0. The Labute approximate surface area is 118 Å². The molecule has 2 aromatic carbocycles. The van der Waals surface area contributed by atoms with Crippen LogP contribution < -0.4 is 0 Å². The maximum atomic E-state index is 11.5. The third kappa shape index (κ3) is 3.58. The van der Waals surface area contributed by atoms with E-state index in [1.54, 1.807) is 6.92 Å². The summed E-state index contributed by atoms with van der Waals surface area (Å²) in [7, 11) is 0. The first-order chi connectivity index (χ1) is 9.20. The summed E-state index contributed by atoms with van der Waals surface area (Å²) >= 11 is 6.17. The van der Waals surface area contributed by atoms with E-state index >= 15 is 0 Å². The summed E-state index contributed by atoms with van der Waals surface area (Å²) < 4.78 is 4.95. The average molecular weight is 275 g/mol. The molecule has 0 heterocycles. The third-order valence-corrected chi connectivity index (χ3v) is 3.10. The summed E-state index contributed by atoms with van der Waals surface area (Å²) in [5.74, 6) is -0.209. The van der Waals surface area contributed by atoms with Crippen molar-refractivity contribution < 1.29 is 9.53 Å². The molecule has 0 saturated heterocycles. The van der Waals surface area contributed by atoms with Crippen molar-refractivity contribution in [2.75, 3.05) is 6.61 Å². The maximum absolute atomic E-state index is 11.5. The van der Waals surface area contributed by atoms with E-state index in [4.69, 9.17) is 16.3 Å². The Morgan fingerprint density at radius 1 is 1.16 bits per heavy atom. The largest absolute Gasteiger partial charge is 0.466 e. The number of rotatable bonds is 4. The highest BCUT2D eigenvalue weighted by Crippen LogP contribution is 2.28. The van der Waals surface area contributed by atoms with Crippen LogP contribution in [0.5, 0.6) is 0 Å².